The van der Waals surface area contributed by atoms with Gasteiger partial charge in [0, 0.05) is 4.88 Å². The van der Waals surface area contributed by atoms with Crippen LogP contribution < -0.4 is 10.6 Å². The van der Waals surface area contributed by atoms with Crippen molar-refractivity contribution in [3.05, 3.63) is 46.2 Å². The second kappa shape index (κ2) is 6.62. The summed E-state index contributed by atoms with van der Waals surface area (Å²) in [5.41, 5.74) is 2.50. The Morgan fingerprint density at radius 1 is 1.38 bits per heavy atom. The fraction of sp³-hybridized carbons (Fsp3) is 0.476. The standard InChI is InChI=1S/C21H26N2O2S/c1-4-21(2,3)13-7-9-15-16(12-13)26-20-18(15)19(24)22-17(23-20)10-8-14-6-5-11-25-14/h5-6,8,10-11,13,17,23H,4,7,9,12H2,1-3H3,(H,22,24)/b10-8+/t13-,17-/m1/s1. The molecule has 2 atom stereocenters. The van der Waals surface area contributed by atoms with Crippen molar-refractivity contribution in [2.24, 2.45) is 11.3 Å². The largest absolute Gasteiger partial charge is 0.465 e. The summed E-state index contributed by atoms with van der Waals surface area (Å²) < 4.78 is 5.32. The molecule has 4 nitrogen and oxygen atoms in total. The van der Waals surface area contributed by atoms with Crippen molar-refractivity contribution in [1.29, 1.82) is 0 Å². The molecular weight excluding hydrogens is 344 g/mol. The normalized spacial score (nSPS) is 22.7. The molecule has 0 fully saturated rings. The number of hydrogen-bond acceptors (Lipinski definition) is 4. The number of hydrogen-bond donors (Lipinski definition) is 2. The van der Waals surface area contributed by atoms with Gasteiger partial charge in [-0.05, 0) is 60.4 Å². The van der Waals surface area contributed by atoms with Crippen molar-refractivity contribution in [2.75, 3.05) is 5.32 Å². The third kappa shape index (κ3) is 3.09. The van der Waals surface area contributed by atoms with Gasteiger partial charge >= 0.3 is 0 Å². The minimum atomic E-state index is -0.205. The van der Waals surface area contributed by atoms with Crippen molar-refractivity contribution >= 4 is 28.3 Å². The van der Waals surface area contributed by atoms with E-state index >= 15 is 0 Å². The summed E-state index contributed by atoms with van der Waals surface area (Å²) in [6.07, 6.45) is 9.72. The Morgan fingerprint density at radius 2 is 2.23 bits per heavy atom. The highest BCUT2D eigenvalue weighted by atomic mass is 32.1. The summed E-state index contributed by atoms with van der Waals surface area (Å²) in [6.45, 7) is 7.02. The van der Waals surface area contributed by atoms with E-state index in [1.807, 2.05) is 24.3 Å². The smallest absolute Gasteiger partial charge is 0.256 e. The molecule has 0 saturated heterocycles. The Labute approximate surface area is 158 Å². The van der Waals surface area contributed by atoms with E-state index in [1.54, 1.807) is 17.6 Å². The predicted octanol–water partition coefficient (Wildman–Crippen LogP) is 5.08. The number of fused-ring (bicyclic) bond motifs is 3. The first-order chi connectivity index (χ1) is 12.5. The van der Waals surface area contributed by atoms with Gasteiger partial charge in [-0.2, -0.15) is 0 Å². The van der Waals surface area contributed by atoms with Gasteiger partial charge in [-0.1, -0.05) is 27.2 Å². The third-order valence-electron chi connectivity index (χ3n) is 6.08. The molecule has 0 unspecified atom stereocenters. The van der Waals surface area contributed by atoms with E-state index in [9.17, 15) is 4.79 Å². The second-order valence-corrected chi connectivity index (χ2v) is 9.06. The number of rotatable bonds is 4. The molecule has 1 aliphatic carbocycles. The number of carbonyl (C=O) groups excluding carboxylic acids is 1. The van der Waals surface area contributed by atoms with Crippen LogP contribution in [0.15, 0.2) is 28.9 Å². The lowest BCUT2D eigenvalue weighted by Gasteiger charge is -2.36. The molecule has 1 amide bonds. The Kier molecular flexibility index (Phi) is 4.43. The zero-order valence-corrected chi connectivity index (χ0v) is 16.4. The molecule has 26 heavy (non-hydrogen) atoms. The van der Waals surface area contributed by atoms with Crippen molar-refractivity contribution in [3.63, 3.8) is 0 Å². The first-order valence-corrected chi connectivity index (χ1v) is 10.2. The summed E-state index contributed by atoms with van der Waals surface area (Å²) in [5, 5.41) is 7.54. The van der Waals surface area contributed by atoms with Crippen LogP contribution in [0.5, 0.6) is 0 Å². The van der Waals surface area contributed by atoms with Crippen LogP contribution in [-0.2, 0) is 12.8 Å². The maximum Gasteiger partial charge on any atom is 0.256 e. The van der Waals surface area contributed by atoms with Gasteiger partial charge in [0.2, 0.25) is 0 Å². The number of carbonyl (C=O) groups is 1. The van der Waals surface area contributed by atoms with Gasteiger partial charge in [-0.15, -0.1) is 11.3 Å². The molecule has 2 aromatic rings. The fourth-order valence-corrected chi connectivity index (χ4v) is 5.31. The minimum absolute atomic E-state index is 0.0403. The molecule has 1 aliphatic heterocycles. The van der Waals surface area contributed by atoms with Crippen LogP contribution >= 0.6 is 11.3 Å². The summed E-state index contributed by atoms with van der Waals surface area (Å²) in [7, 11) is 0. The molecule has 3 heterocycles. The van der Waals surface area contributed by atoms with Crippen LogP contribution in [-0.4, -0.2) is 12.1 Å². The molecule has 0 spiro atoms. The van der Waals surface area contributed by atoms with E-state index < -0.39 is 0 Å². The van der Waals surface area contributed by atoms with Crippen molar-refractivity contribution < 1.29 is 9.21 Å². The zero-order valence-electron chi connectivity index (χ0n) is 15.6. The highest BCUT2D eigenvalue weighted by molar-refractivity contribution is 7.16. The van der Waals surface area contributed by atoms with Gasteiger partial charge < -0.3 is 15.1 Å². The van der Waals surface area contributed by atoms with E-state index in [1.165, 1.54) is 23.3 Å². The highest BCUT2D eigenvalue weighted by Gasteiger charge is 2.36. The number of nitrogens with one attached hydrogen (secondary N) is 2. The maximum absolute atomic E-state index is 12.7. The minimum Gasteiger partial charge on any atom is -0.465 e. The predicted molar refractivity (Wildman–Crippen MR) is 107 cm³/mol. The average Bonchev–Trinajstić information content (AvgIpc) is 3.26. The molecule has 5 heteroatoms. The molecule has 4 rings (SSSR count). The van der Waals surface area contributed by atoms with E-state index in [2.05, 4.69) is 31.4 Å². The van der Waals surface area contributed by atoms with E-state index in [0.717, 1.165) is 29.2 Å². The number of furan rings is 1. The van der Waals surface area contributed by atoms with Crippen LogP contribution in [0, 0.1) is 11.3 Å². The fourth-order valence-electron chi connectivity index (χ4n) is 3.95. The molecule has 2 N–H and O–H groups in total. The SMILES string of the molecule is CCC(C)(C)[C@@H]1CCc2c(sc3c2C(=O)N[C@@H](/C=C/c2ccco2)N3)C1. The lowest BCUT2D eigenvalue weighted by molar-refractivity contribution is 0.0942. The zero-order chi connectivity index (χ0) is 18.3. The van der Waals surface area contributed by atoms with Gasteiger partial charge in [-0.3, -0.25) is 4.79 Å². The number of amides is 1. The first-order valence-electron chi connectivity index (χ1n) is 9.41. The van der Waals surface area contributed by atoms with Crippen molar-refractivity contribution in [3.8, 4) is 0 Å². The summed E-state index contributed by atoms with van der Waals surface area (Å²) in [5.74, 6) is 1.51. The summed E-state index contributed by atoms with van der Waals surface area (Å²) in [4.78, 5) is 14.1. The van der Waals surface area contributed by atoms with Gasteiger partial charge in [-0.25, -0.2) is 0 Å². The lowest BCUT2D eigenvalue weighted by Crippen LogP contribution is -2.43. The van der Waals surface area contributed by atoms with Gasteiger partial charge in [0.15, 0.2) is 0 Å². The van der Waals surface area contributed by atoms with Crippen LogP contribution in [0.2, 0.25) is 0 Å². The molecule has 0 radical (unpaired) electrons. The molecule has 138 valence electrons. The van der Waals surface area contributed by atoms with E-state index in [-0.39, 0.29) is 12.1 Å². The van der Waals surface area contributed by atoms with Gasteiger partial charge in [0.1, 0.15) is 16.9 Å². The molecule has 2 aliphatic rings. The lowest BCUT2D eigenvalue weighted by atomic mass is 9.69. The monoisotopic (exact) mass is 370 g/mol. The Morgan fingerprint density at radius 3 is 2.96 bits per heavy atom. The summed E-state index contributed by atoms with van der Waals surface area (Å²) in [6, 6.07) is 3.75. The molecule has 2 aromatic heterocycles. The second-order valence-electron chi connectivity index (χ2n) is 7.96. The molecular formula is C21H26N2O2S. The average molecular weight is 371 g/mol. The molecule has 0 saturated carbocycles. The maximum atomic E-state index is 12.7. The van der Waals surface area contributed by atoms with Crippen LogP contribution in [0.3, 0.4) is 0 Å². The van der Waals surface area contributed by atoms with Gasteiger partial charge in [0.25, 0.3) is 5.91 Å². The van der Waals surface area contributed by atoms with Crippen LogP contribution in [0.1, 0.15) is 60.2 Å². The van der Waals surface area contributed by atoms with Gasteiger partial charge in [0.05, 0.1) is 11.8 Å². The number of anilines is 1. The highest BCUT2D eigenvalue weighted by Crippen LogP contribution is 2.46. The Hall–Kier alpha value is -2.01. The van der Waals surface area contributed by atoms with Crippen molar-refractivity contribution in [2.45, 2.75) is 52.6 Å². The molecule has 0 aromatic carbocycles. The summed E-state index contributed by atoms with van der Waals surface area (Å²) >= 11 is 1.77. The third-order valence-corrected chi connectivity index (χ3v) is 7.26. The van der Waals surface area contributed by atoms with Crippen molar-refractivity contribution in [1.82, 2.24) is 5.32 Å². The van der Waals surface area contributed by atoms with Crippen LogP contribution in [0.25, 0.3) is 6.08 Å². The first kappa shape index (κ1) is 17.4. The van der Waals surface area contributed by atoms with Crippen LogP contribution in [0.4, 0.5) is 5.00 Å². The van der Waals surface area contributed by atoms with E-state index in [4.69, 9.17) is 4.42 Å². The quantitative estimate of drug-likeness (QED) is 0.789. The Balaban J connectivity index is 1.56. The Bertz CT molecular complexity index is 833. The topological polar surface area (TPSA) is 54.3 Å². The number of thiophene rings is 1. The van der Waals surface area contributed by atoms with E-state index in [0.29, 0.717) is 11.3 Å². The molecule has 0 bridgehead atoms.